The molecular formula is C23H30N2O2. The number of amides is 1. The van der Waals surface area contributed by atoms with Crippen LogP contribution in [-0.2, 0) is 11.3 Å². The van der Waals surface area contributed by atoms with Crippen LogP contribution in [0.4, 0.5) is 5.69 Å². The first-order chi connectivity index (χ1) is 13.0. The fourth-order valence-corrected chi connectivity index (χ4v) is 3.57. The largest absolute Gasteiger partial charge is 0.481 e. The van der Waals surface area contributed by atoms with E-state index in [0.717, 1.165) is 35.5 Å². The van der Waals surface area contributed by atoms with E-state index >= 15 is 0 Å². The smallest absolute Gasteiger partial charge is 0.261 e. The van der Waals surface area contributed by atoms with Gasteiger partial charge in [0.05, 0.1) is 0 Å². The van der Waals surface area contributed by atoms with E-state index in [4.69, 9.17) is 4.74 Å². The van der Waals surface area contributed by atoms with Gasteiger partial charge in [0.25, 0.3) is 5.91 Å². The number of carbonyl (C=O) groups is 1. The van der Waals surface area contributed by atoms with E-state index in [9.17, 15) is 4.79 Å². The summed E-state index contributed by atoms with van der Waals surface area (Å²) in [5.74, 6) is 0.635. The normalized spacial score (nSPS) is 15.3. The zero-order valence-corrected chi connectivity index (χ0v) is 16.6. The van der Waals surface area contributed by atoms with Gasteiger partial charge in [-0.15, -0.1) is 0 Å². The molecule has 0 saturated carbocycles. The van der Waals surface area contributed by atoms with Gasteiger partial charge in [-0.25, -0.2) is 0 Å². The van der Waals surface area contributed by atoms with Crippen LogP contribution < -0.4 is 15.0 Å². The number of rotatable bonds is 6. The zero-order valence-electron chi connectivity index (χ0n) is 16.6. The van der Waals surface area contributed by atoms with Gasteiger partial charge in [0, 0.05) is 25.3 Å². The minimum atomic E-state index is -0.529. The molecule has 1 N–H and O–H groups in total. The van der Waals surface area contributed by atoms with Crippen molar-refractivity contribution in [2.45, 2.75) is 52.7 Å². The third-order valence-electron chi connectivity index (χ3n) is 5.00. The molecule has 0 aliphatic carbocycles. The second kappa shape index (κ2) is 8.94. The number of hydrogen-bond acceptors (Lipinski definition) is 3. The van der Waals surface area contributed by atoms with Crippen molar-refractivity contribution in [3.8, 4) is 5.75 Å². The first-order valence-corrected chi connectivity index (χ1v) is 9.88. The van der Waals surface area contributed by atoms with Gasteiger partial charge in [-0.3, -0.25) is 4.79 Å². The molecule has 0 bridgehead atoms. The van der Waals surface area contributed by atoms with Crippen molar-refractivity contribution in [3.63, 3.8) is 0 Å². The van der Waals surface area contributed by atoms with E-state index in [-0.39, 0.29) is 5.91 Å². The van der Waals surface area contributed by atoms with E-state index in [2.05, 4.69) is 40.5 Å². The Hall–Kier alpha value is -2.49. The highest BCUT2D eigenvalue weighted by Crippen LogP contribution is 2.20. The van der Waals surface area contributed by atoms with E-state index < -0.39 is 6.10 Å². The molecule has 0 radical (unpaired) electrons. The summed E-state index contributed by atoms with van der Waals surface area (Å²) < 4.78 is 5.81. The van der Waals surface area contributed by atoms with Crippen LogP contribution in [0, 0.1) is 13.8 Å². The number of carbonyl (C=O) groups excluding carboxylic acids is 1. The van der Waals surface area contributed by atoms with Crippen molar-refractivity contribution in [2.24, 2.45) is 0 Å². The van der Waals surface area contributed by atoms with E-state index in [1.54, 1.807) is 6.92 Å². The van der Waals surface area contributed by atoms with Crippen LogP contribution in [-0.4, -0.2) is 25.1 Å². The Morgan fingerprint density at radius 2 is 1.67 bits per heavy atom. The molecule has 4 heteroatoms. The van der Waals surface area contributed by atoms with Crippen molar-refractivity contribution in [2.75, 3.05) is 18.0 Å². The quantitative estimate of drug-likeness (QED) is 0.825. The van der Waals surface area contributed by atoms with E-state index in [0.29, 0.717) is 6.54 Å². The molecule has 0 unspecified atom stereocenters. The molecule has 1 saturated heterocycles. The Morgan fingerprint density at radius 3 is 2.30 bits per heavy atom. The first kappa shape index (κ1) is 19.3. The predicted octanol–water partition coefficient (Wildman–Crippen LogP) is 4.38. The fourth-order valence-electron chi connectivity index (χ4n) is 3.57. The molecule has 3 rings (SSSR count). The second-order valence-corrected chi connectivity index (χ2v) is 7.52. The van der Waals surface area contributed by atoms with Crippen molar-refractivity contribution in [3.05, 3.63) is 59.2 Å². The van der Waals surface area contributed by atoms with Crippen LogP contribution in [0.5, 0.6) is 5.75 Å². The lowest BCUT2D eigenvalue weighted by molar-refractivity contribution is -0.127. The van der Waals surface area contributed by atoms with Gasteiger partial charge < -0.3 is 15.0 Å². The van der Waals surface area contributed by atoms with Crippen LogP contribution in [0.25, 0.3) is 0 Å². The van der Waals surface area contributed by atoms with Gasteiger partial charge in [0.1, 0.15) is 5.75 Å². The van der Waals surface area contributed by atoms with Crippen LogP contribution in [0.2, 0.25) is 0 Å². The number of ether oxygens (including phenoxy) is 1. The molecule has 4 nitrogen and oxygen atoms in total. The third kappa shape index (κ3) is 5.49. The predicted molar refractivity (Wildman–Crippen MR) is 110 cm³/mol. The number of anilines is 1. The minimum absolute atomic E-state index is 0.103. The number of piperidine rings is 1. The van der Waals surface area contributed by atoms with Crippen LogP contribution >= 0.6 is 0 Å². The van der Waals surface area contributed by atoms with Gasteiger partial charge in [0.2, 0.25) is 0 Å². The maximum Gasteiger partial charge on any atom is 0.261 e. The van der Waals surface area contributed by atoms with Crippen molar-refractivity contribution >= 4 is 11.6 Å². The molecule has 1 aliphatic heterocycles. The van der Waals surface area contributed by atoms with Gasteiger partial charge in [0.15, 0.2) is 6.10 Å². The fraction of sp³-hybridized carbons (Fsp3) is 0.435. The summed E-state index contributed by atoms with van der Waals surface area (Å²) in [5.41, 5.74) is 4.64. The zero-order chi connectivity index (χ0) is 19.2. The van der Waals surface area contributed by atoms with Gasteiger partial charge in [-0.2, -0.15) is 0 Å². The lowest BCUT2D eigenvalue weighted by atomic mass is 10.1. The average Bonchev–Trinajstić information content (AvgIpc) is 2.66. The summed E-state index contributed by atoms with van der Waals surface area (Å²) in [6.45, 7) is 8.63. The topological polar surface area (TPSA) is 41.6 Å². The highest BCUT2D eigenvalue weighted by Gasteiger charge is 2.15. The Balaban J connectivity index is 1.50. The summed E-state index contributed by atoms with van der Waals surface area (Å²) in [6.07, 6.45) is 3.36. The Morgan fingerprint density at radius 1 is 1.04 bits per heavy atom. The summed E-state index contributed by atoms with van der Waals surface area (Å²) >= 11 is 0. The molecule has 2 aromatic rings. The molecule has 1 amide bonds. The van der Waals surface area contributed by atoms with Gasteiger partial charge >= 0.3 is 0 Å². The molecule has 1 aliphatic rings. The molecule has 0 spiro atoms. The van der Waals surface area contributed by atoms with Gasteiger partial charge in [-0.1, -0.05) is 18.2 Å². The van der Waals surface area contributed by atoms with Crippen molar-refractivity contribution < 1.29 is 9.53 Å². The molecular weight excluding hydrogens is 336 g/mol. The van der Waals surface area contributed by atoms with Crippen molar-refractivity contribution in [1.82, 2.24) is 5.32 Å². The molecule has 1 atom stereocenters. The number of nitrogens with zero attached hydrogens (tertiary/aromatic N) is 1. The van der Waals surface area contributed by atoms with E-state index in [1.165, 1.54) is 24.9 Å². The van der Waals surface area contributed by atoms with Crippen LogP contribution in [0.3, 0.4) is 0 Å². The Labute approximate surface area is 162 Å². The first-order valence-electron chi connectivity index (χ1n) is 9.88. The highest BCUT2D eigenvalue weighted by atomic mass is 16.5. The molecule has 1 heterocycles. The summed E-state index contributed by atoms with van der Waals surface area (Å²) in [6, 6.07) is 14.5. The second-order valence-electron chi connectivity index (χ2n) is 7.52. The number of benzene rings is 2. The Kier molecular flexibility index (Phi) is 6.38. The van der Waals surface area contributed by atoms with Crippen molar-refractivity contribution in [1.29, 1.82) is 0 Å². The molecule has 1 fully saturated rings. The summed E-state index contributed by atoms with van der Waals surface area (Å²) in [7, 11) is 0. The summed E-state index contributed by atoms with van der Waals surface area (Å²) in [5, 5.41) is 2.97. The SMILES string of the molecule is Cc1cc(C)cc(O[C@H](C)C(=O)NCc2ccc(N3CCCCC3)cc2)c1. The standard InChI is InChI=1S/C23H30N2O2/c1-17-13-18(2)15-22(14-17)27-19(3)23(26)24-16-20-7-9-21(10-8-20)25-11-5-4-6-12-25/h7-10,13-15,19H,4-6,11-12,16H2,1-3H3,(H,24,26)/t19-/m1/s1. The lowest BCUT2D eigenvalue weighted by Gasteiger charge is -2.28. The van der Waals surface area contributed by atoms with E-state index in [1.807, 2.05) is 26.0 Å². The summed E-state index contributed by atoms with van der Waals surface area (Å²) in [4.78, 5) is 14.8. The molecule has 144 valence electrons. The van der Waals surface area contributed by atoms with Crippen LogP contribution in [0.1, 0.15) is 42.9 Å². The lowest BCUT2D eigenvalue weighted by Crippen LogP contribution is -2.36. The van der Waals surface area contributed by atoms with Gasteiger partial charge in [-0.05, 0) is 81.0 Å². The maximum atomic E-state index is 12.4. The third-order valence-corrected chi connectivity index (χ3v) is 5.00. The number of hydrogen-bond donors (Lipinski definition) is 1. The monoisotopic (exact) mass is 366 g/mol. The molecule has 27 heavy (non-hydrogen) atoms. The highest BCUT2D eigenvalue weighted by molar-refractivity contribution is 5.80. The van der Waals surface area contributed by atoms with Crippen LogP contribution in [0.15, 0.2) is 42.5 Å². The maximum absolute atomic E-state index is 12.4. The Bertz CT molecular complexity index is 744. The molecule has 0 aromatic heterocycles. The number of aryl methyl sites for hydroxylation is 2. The average molecular weight is 367 g/mol. The molecule has 2 aromatic carbocycles. The number of nitrogens with one attached hydrogen (secondary N) is 1. The minimum Gasteiger partial charge on any atom is -0.481 e.